The molecule has 17 heavy (non-hydrogen) atoms. The first-order valence-electron chi connectivity index (χ1n) is 5.90. The molecule has 0 spiro atoms. The Balaban J connectivity index is 2.31. The predicted octanol–water partition coefficient (Wildman–Crippen LogP) is 3.30. The molecule has 0 aromatic carbocycles. The molecule has 2 rings (SSSR count). The third-order valence-electron chi connectivity index (χ3n) is 2.58. The van der Waals surface area contributed by atoms with Crippen molar-refractivity contribution in [2.75, 3.05) is 0 Å². The van der Waals surface area contributed by atoms with Crippen molar-refractivity contribution in [1.82, 2.24) is 14.8 Å². The molecular formula is C14H19N3. The highest BCUT2D eigenvalue weighted by atomic mass is 15.3. The van der Waals surface area contributed by atoms with Crippen molar-refractivity contribution >= 4 is 0 Å². The summed E-state index contributed by atoms with van der Waals surface area (Å²) in [7, 11) is 0. The minimum atomic E-state index is 0.242. The summed E-state index contributed by atoms with van der Waals surface area (Å²) in [6, 6.07) is 6.10. The van der Waals surface area contributed by atoms with Gasteiger partial charge in [-0.3, -0.25) is 9.67 Å². The van der Waals surface area contributed by atoms with Gasteiger partial charge in [0.15, 0.2) is 0 Å². The van der Waals surface area contributed by atoms with E-state index in [1.807, 2.05) is 12.1 Å². The molecule has 0 fully saturated rings. The van der Waals surface area contributed by atoms with Gasteiger partial charge in [-0.2, -0.15) is 5.10 Å². The average Bonchev–Trinajstić information content (AvgIpc) is 2.59. The molecule has 0 aliphatic rings. The molecule has 90 valence electrons. The Morgan fingerprint density at radius 2 is 1.82 bits per heavy atom. The van der Waals surface area contributed by atoms with E-state index in [0.29, 0.717) is 0 Å². The zero-order valence-electron chi connectivity index (χ0n) is 10.9. The number of nitrogens with zero attached hydrogens (tertiary/aromatic N) is 3. The quantitative estimate of drug-likeness (QED) is 0.791. The van der Waals surface area contributed by atoms with Crippen LogP contribution in [0.2, 0.25) is 0 Å². The maximum atomic E-state index is 4.65. The monoisotopic (exact) mass is 229 g/mol. The van der Waals surface area contributed by atoms with Crippen molar-refractivity contribution in [1.29, 1.82) is 0 Å². The van der Waals surface area contributed by atoms with E-state index in [0.717, 1.165) is 17.8 Å². The first-order valence-corrected chi connectivity index (χ1v) is 5.90. The molecule has 0 atom stereocenters. The molecule has 0 saturated heterocycles. The summed E-state index contributed by atoms with van der Waals surface area (Å²) >= 11 is 0. The van der Waals surface area contributed by atoms with Gasteiger partial charge in [-0.1, -0.05) is 20.8 Å². The molecule has 0 bridgehead atoms. The van der Waals surface area contributed by atoms with Gasteiger partial charge < -0.3 is 0 Å². The molecule has 0 N–H and O–H groups in total. The summed E-state index contributed by atoms with van der Waals surface area (Å²) < 4.78 is 2.08. The van der Waals surface area contributed by atoms with E-state index in [4.69, 9.17) is 0 Å². The molecule has 0 aliphatic heterocycles. The second-order valence-corrected chi connectivity index (χ2v) is 5.63. The maximum Gasteiger partial charge on any atom is 0.0927 e. The van der Waals surface area contributed by atoms with Crippen molar-refractivity contribution in [3.63, 3.8) is 0 Å². The van der Waals surface area contributed by atoms with E-state index in [-0.39, 0.29) is 5.41 Å². The smallest absolute Gasteiger partial charge is 0.0927 e. The second-order valence-electron chi connectivity index (χ2n) is 5.63. The van der Waals surface area contributed by atoms with Crippen LogP contribution in [0.5, 0.6) is 0 Å². The molecule has 0 unspecified atom stereocenters. The minimum Gasteiger partial charge on any atom is -0.269 e. The van der Waals surface area contributed by atoms with E-state index < -0.39 is 0 Å². The van der Waals surface area contributed by atoms with Crippen LogP contribution in [-0.4, -0.2) is 14.8 Å². The minimum absolute atomic E-state index is 0.242. The lowest BCUT2D eigenvalue weighted by Gasteiger charge is -2.18. The van der Waals surface area contributed by atoms with Crippen molar-refractivity contribution < 1.29 is 0 Å². The van der Waals surface area contributed by atoms with Crippen LogP contribution in [0.4, 0.5) is 0 Å². The van der Waals surface area contributed by atoms with Gasteiger partial charge in [-0.05, 0) is 30.5 Å². The van der Waals surface area contributed by atoms with Crippen LogP contribution >= 0.6 is 0 Å². The average molecular weight is 229 g/mol. The van der Waals surface area contributed by atoms with Gasteiger partial charge >= 0.3 is 0 Å². The van der Waals surface area contributed by atoms with Gasteiger partial charge in [-0.15, -0.1) is 0 Å². The topological polar surface area (TPSA) is 30.7 Å². The Hall–Kier alpha value is -1.64. The fourth-order valence-electron chi connectivity index (χ4n) is 1.78. The molecular weight excluding hydrogens is 210 g/mol. The van der Waals surface area contributed by atoms with Gasteiger partial charge in [0, 0.05) is 30.2 Å². The van der Waals surface area contributed by atoms with Crippen molar-refractivity contribution in [2.45, 2.75) is 34.2 Å². The third kappa shape index (κ3) is 2.93. The van der Waals surface area contributed by atoms with Crippen LogP contribution in [0.3, 0.4) is 0 Å². The van der Waals surface area contributed by atoms with Gasteiger partial charge in [0.05, 0.1) is 5.69 Å². The standard InChI is InChI=1S/C14H19N3/c1-11-9-13(12-5-7-15-8-6-12)16-17(11)10-14(2,3)4/h5-9H,10H2,1-4H3. The number of aromatic nitrogens is 3. The van der Waals surface area contributed by atoms with Gasteiger partial charge in [0.25, 0.3) is 0 Å². The van der Waals surface area contributed by atoms with Crippen LogP contribution in [0.15, 0.2) is 30.6 Å². The Bertz CT molecular complexity index is 492. The summed E-state index contributed by atoms with van der Waals surface area (Å²) in [6.07, 6.45) is 3.60. The molecule has 2 heterocycles. The Kier molecular flexibility index (Phi) is 3.01. The fraction of sp³-hybridized carbons (Fsp3) is 0.429. The molecule has 0 aliphatic carbocycles. The van der Waals surface area contributed by atoms with E-state index in [1.54, 1.807) is 12.4 Å². The lowest BCUT2D eigenvalue weighted by atomic mass is 9.97. The molecule has 0 saturated carbocycles. The molecule has 0 radical (unpaired) electrons. The second kappa shape index (κ2) is 4.32. The first-order chi connectivity index (χ1) is 7.96. The van der Waals surface area contributed by atoms with E-state index >= 15 is 0 Å². The van der Waals surface area contributed by atoms with Crippen LogP contribution in [-0.2, 0) is 6.54 Å². The third-order valence-corrected chi connectivity index (χ3v) is 2.58. The fourth-order valence-corrected chi connectivity index (χ4v) is 1.78. The zero-order valence-corrected chi connectivity index (χ0v) is 10.9. The molecule has 2 aromatic heterocycles. The Labute approximate surface area is 103 Å². The number of aryl methyl sites for hydroxylation is 1. The van der Waals surface area contributed by atoms with E-state index in [9.17, 15) is 0 Å². The zero-order chi connectivity index (χ0) is 12.5. The van der Waals surface area contributed by atoms with E-state index in [1.165, 1.54) is 5.69 Å². The summed E-state index contributed by atoms with van der Waals surface area (Å²) in [5.74, 6) is 0. The highest BCUT2D eigenvalue weighted by Gasteiger charge is 2.14. The number of pyridine rings is 1. The normalized spacial score (nSPS) is 11.8. The SMILES string of the molecule is Cc1cc(-c2ccncc2)nn1CC(C)(C)C. The summed E-state index contributed by atoms with van der Waals surface area (Å²) in [6.45, 7) is 9.70. The molecule has 2 aromatic rings. The maximum absolute atomic E-state index is 4.65. The highest BCUT2D eigenvalue weighted by Crippen LogP contribution is 2.21. The number of rotatable bonds is 2. The van der Waals surface area contributed by atoms with Crippen LogP contribution in [0.1, 0.15) is 26.5 Å². The molecule has 0 amide bonds. The highest BCUT2D eigenvalue weighted by molar-refractivity contribution is 5.58. The van der Waals surface area contributed by atoms with E-state index in [2.05, 4.69) is 48.5 Å². The van der Waals surface area contributed by atoms with Gasteiger partial charge in [0.2, 0.25) is 0 Å². The summed E-state index contributed by atoms with van der Waals surface area (Å²) in [5.41, 5.74) is 3.59. The Morgan fingerprint density at radius 1 is 1.18 bits per heavy atom. The van der Waals surface area contributed by atoms with Crippen molar-refractivity contribution in [2.24, 2.45) is 5.41 Å². The van der Waals surface area contributed by atoms with Crippen molar-refractivity contribution in [3.8, 4) is 11.3 Å². The predicted molar refractivity (Wildman–Crippen MR) is 69.7 cm³/mol. The van der Waals surface area contributed by atoms with Crippen LogP contribution in [0.25, 0.3) is 11.3 Å². The summed E-state index contributed by atoms with van der Waals surface area (Å²) in [4.78, 5) is 4.02. The lowest BCUT2D eigenvalue weighted by Crippen LogP contribution is -2.17. The first kappa shape index (κ1) is 11.8. The Morgan fingerprint density at radius 3 is 2.41 bits per heavy atom. The molecule has 3 heteroatoms. The summed E-state index contributed by atoms with van der Waals surface area (Å²) in [5, 5.41) is 4.65. The van der Waals surface area contributed by atoms with Crippen molar-refractivity contribution in [3.05, 3.63) is 36.3 Å². The van der Waals surface area contributed by atoms with Crippen LogP contribution < -0.4 is 0 Å². The van der Waals surface area contributed by atoms with Gasteiger partial charge in [0.1, 0.15) is 0 Å². The molecule has 3 nitrogen and oxygen atoms in total. The van der Waals surface area contributed by atoms with Gasteiger partial charge in [-0.25, -0.2) is 0 Å². The lowest BCUT2D eigenvalue weighted by molar-refractivity contribution is 0.322. The largest absolute Gasteiger partial charge is 0.269 e. The number of hydrogen-bond acceptors (Lipinski definition) is 2. The van der Waals surface area contributed by atoms with Crippen LogP contribution in [0, 0.1) is 12.3 Å². The number of hydrogen-bond donors (Lipinski definition) is 0.